The van der Waals surface area contributed by atoms with Gasteiger partial charge in [0.25, 0.3) is 0 Å². The number of aryl methyl sites for hydroxylation is 1. The van der Waals surface area contributed by atoms with Gasteiger partial charge in [-0.2, -0.15) is 0 Å². The minimum atomic E-state index is 0.602. The zero-order valence-electron chi connectivity index (χ0n) is 12.7. The quantitative estimate of drug-likeness (QED) is 0.810. The summed E-state index contributed by atoms with van der Waals surface area (Å²) in [6.07, 6.45) is 3.65. The van der Waals surface area contributed by atoms with E-state index in [4.69, 9.17) is 4.74 Å². The van der Waals surface area contributed by atoms with Crippen LogP contribution in [-0.4, -0.2) is 19.7 Å². The number of ether oxygens (including phenoxy) is 1. The Morgan fingerprint density at radius 3 is 2.74 bits per heavy atom. The van der Waals surface area contributed by atoms with Gasteiger partial charge in [-0.3, -0.25) is 0 Å². The topological polar surface area (TPSA) is 21.3 Å². The molecule has 106 valence electrons. The van der Waals surface area contributed by atoms with Gasteiger partial charge in [-0.05, 0) is 56.2 Å². The van der Waals surface area contributed by atoms with Crippen molar-refractivity contribution in [1.29, 1.82) is 0 Å². The molecule has 1 aliphatic carbocycles. The Kier molecular flexibility index (Phi) is 4.87. The second kappa shape index (κ2) is 6.42. The van der Waals surface area contributed by atoms with Gasteiger partial charge in [-0.15, -0.1) is 0 Å². The number of methoxy groups -OCH3 is 1. The molecule has 0 aromatic heterocycles. The lowest BCUT2D eigenvalue weighted by atomic mass is 9.98. The van der Waals surface area contributed by atoms with Crippen molar-refractivity contribution in [3.8, 4) is 5.75 Å². The molecule has 2 heteroatoms. The van der Waals surface area contributed by atoms with Crippen LogP contribution in [0.15, 0.2) is 18.2 Å². The molecule has 1 saturated carbocycles. The van der Waals surface area contributed by atoms with Crippen molar-refractivity contribution >= 4 is 0 Å². The van der Waals surface area contributed by atoms with Crippen molar-refractivity contribution in [3.63, 3.8) is 0 Å². The molecule has 19 heavy (non-hydrogen) atoms. The molecule has 0 bridgehead atoms. The van der Waals surface area contributed by atoms with E-state index in [1.807, 2.05) is 0 Å². The van der Waals surface area contributed by atoms with E-state index in [2.05, 4.69) is 44.3 Å². The summed E-state index contributed by atoms with van der Waals surface area (Å²) in [6.45, 7) is 7.85. The minimum Gasteiger partial charge on any atom is -0.496 e. The minimum absolute atomic E-state index is 0.602. The lowest BCUT2D eigenvalue weighted by Gasteiger charge is -2.20. The molecule has 0 radical (unpaired) electrons. The lowest BCUT2D eigenvalue weighted by Crippen LogP contribution is -2.34. The molecule has 0 spiro atoms. The van der Waals surface area contributed by atoms with Crippen LogP contribution in [-0.2, 0) is 6.42 Å². The van der Waals surface area contributed by atoms with Crippen LogP contribution in [0.3, 0.4) is 0 Å². The third kappa shape index (κ3) is 3.73. The number of nitrogens with one attached hydrogen (secondary N) is 1. The van der Waals surface area contributed by atoms with E-state index >= 15 is 0 Å². The Labute approximate surface area is 117 Å². The first kappa shape index (κ1) is 14.4. The van der Waals surface area contributed by atoms with Gasteiger partial charge in [-0.25, -0.2) is 0 Å². The number of hydrogen-bond acceptors (Lipinski definition) is 2. The zero-order valence-corrected chi connectivity index (χ0v) is 12.7. The third-order valence-electron chi connectivity index (χ3n) is 4.22. The van der Waals surface area contributed by atoms with Crippen molar-refractivity contribution in [2.24, 2.45) is 11.8 Å². The van der Waals surface area contributed by atoms with E-state index in [0.29, 0.717) is 6.04 Å². The van der Waals surface area contributed by atoms with Gasteiger partial charge in [0.15, 0.2) is 0 Å². The highest BCUT2D eigenvalue weighted by molar-refractivity contribution is 5.37. The molecule has 0 aliphatic heterocycles. The van der Waals surface area contributed by atoms with Gasteiger partial charge in [0.1, 0.15) is 5.75 Å². The van der Waals surface area contributed by atoms with Gasteiger partial charge >= 0.3 is 0 Å². The third-order valence-corrected chi connectivity index (χ3v) is 4.22. The molecule has 1 aromatic rings. The van der Waals surface area contributed by atoms with Crippen LogP contribution >= 0.6 is 0 Å². The second-order valence-corrected chi connectivity index (χ2v) is 5.96. The molecule has 0 saturated heterocycles. The van der Waals surface area contributed by atoms with Gasteiger partial charge in [0, 0.05) is 6.04 Å². The monoisotopic (exact) mass is 261 g/mol. The SMILES string of the molecule is CCCNC(Cc1cc(C)ccc1OC)C1CC1C. The van der Waals surface area contributed by atoms with Crippen LogP contribution < -0.4 is 10.1 Å². The first-order valence-corrected chi connectivity index (χ1v) is 7.52. The smallest absolute Gasteiger partial charge is 0.122 e. The molecule has 0 heterocycles. The molecule has 2 nitrogen and oxygen atoms in total. The molecule has 1 fully saturated rings. The maximum absolute atomic E-state index is 5.50. The Balaban J connectivity index is 2.09. The molecule has 0 amide bonds. The summed E-state index contributed by atoms with van der Waals surface area (Å²) in [4.78, 5) is 0. The second-order valence-electron chi connectivity index (χ2n) is 5.96. The molecule has 3 unspecified atom stereocenters. The highest BCUT2D eigenvalue weighted by atomic mass is 16.5. The van der Waals surface area contributed by atoms with Crippen LogP contribution in [0, 0.1) is 18.8 Å². The Morgan fingerprint density at radius 2 is 2.16 bits per heavy atom. The number of rotatable bonds is 7. The van der Waals surface area contributed by atoms with Crippen LogP contribution in [0.5, 0.6) is 5.75 Å². The van der Waals surface area contributed by atoms with Crippen LogP contribution in [0.2, 0.25) is 0 Å². The van der Waals surface area contributed by atoms with Crippen molar-refractivity contribution in [1.82, 2.24) is 5.32 Å². The first-order valence-electron chi connectivity index (χ1n) is 7.52. The van der Waals surface area contributed by atoms with Crippen LogP contribution in [0.1, 0.15) is 37.8 Å². The van der Waals surface area contributed by atoms with Crippen LogP contribution in [0.25, 0.3) is 0 Å². The van der Waals surface area contributed by atoms with Crippen molar-refractivity contribution in [3.05, 3.63) is 29.3 Å². The van der Waals surface area contributed by atoms with Gasteiger partial charge in [0.2, 0.25) is 0 Å². The standard InChI is InChI=1S/C17H27NO/c1-5-8-18-16(15-10-13(15)3)11-14-9-12(2)6-7-17(14)19-4/h6-7,9,13,15-16,18H,5,8,10-11H2,1-4H3. The largest absolute Gasteiger partial charge is 0.496 e. The molecule has 1 aliphatic rings. The van der Waals surface area contributed by atoms with Gasteiger partial charge in [-0.1, -0.05) is 31.5 Å². The summed E-state index contributed by atoms with van der Waals surface area (Å²) in [6, 6.07) is 7.09. The summed E-state index contributed by atoms with van der Waals surface area (Å²) in [5.74, 6) is 2.75. The fourth-order valence-corrected chi connectivity index (χ4v) is 2.92. The Bertz CT molecular complexity index is 416. The predicted molar refractivity (Wildman–Crippen MR) is 80.8 cm³/mol. The number of benzene rings is 1. The molecule has 3 atom stereocenters. The molecular weight excluding hydrogens is 234 g/mol. The molecule has 1 aromatic carbocycles. The van der Waals surface area contributed by atoms with E-state index in [0.717, 1.165) is 30.6 Å². The van der Waals surface area contributed by atoms with E-state index in [-0.39, 0.29) is 0 Å². The Morgan fingerprint density at radius 1 is 1.42 bits per heavy atom. The fraction of sp³-hybridized carbons (Fsp3) is 0.647. The lowest BCUT2D eigenvalue weighted by molar-refractivity contribution is 0.396. The summed E-state index contributed by atoms with van der Waals surface area (Å²) >= 11 is 0. The van der Waals surface area contributed by atoms with Crippen molar-refractivity contribution in [2.45, 2.75) is 46.1 Å². The average molecular weight is 261 g/mol. The van der Waals surface area contributed by atoms with Gasteiger partial charge in [0.05, 0.1) is 7.11 Å². The molecule has 2 rings (SSSR count). The van der Waals surface area contributed by atoms with E-state index in [9.17, 15) is 0 Å². The maximum atomic E-state index is 5.50. The zero-order chi connectivity index (χ0) is 13.8. The normalized spacial score (nSPS) is 23.2. The summed E-state index contributed by atoms with van der Waals surface area (Å²) in [5, 5.41) is 3.73. The molecule has 1 N–H and O–H groups in total. The van der Waals surface area contributed by atoms with Gasteiger partial charge < -0.3 is 10.1 Å². The summed E-state index contributed by atoms with van der Waals surface area (Å²) in [5.41, 5.74) is 2.66. The van der Waals surface area contributed by atoms with Crippen molar-refractivity contribution in [2.75, 3.05) is 13.7 Å². The highest BCUT2D eigenvalue weighted by Crippen LogP contribution is 2.42. The van der Waals surface area contributed by atoms with E-state index < -0.39 is 0 Å². The van der Waals surface area contributed by atoms with E-state index in [1.165, 1.54) is 24.0 Å². The predicted octanol–water partition coefficient (Wildman–Crippen LogP) is 3.57. The molecular formula is C17H27NO. The summed E-state index contributed by atoms with van der Waals surface area (Å²) < 4.78 is 5.50. The Hall–Kier alpha value is -1.02. The fourth-order valence-electron chi connectivity index (χ4n) is 2.92. The van der Waals surface area contributed by atoms with E-state index in [1.54, 1.807) is 7.11 Å². The number of hydrogen-bond donors (Lipinski definition) is 1. The maximum Gasteiger partial charge on any atom is 0.122 e. The highest BCUT2D eigenvalue weighted by Gasteiger charge is 2.39. The first-order chi connectivity index (χ1) is 9.15. The van der Waals surface area contributed by atoms with Crippen LogP contribution in [0.4, 0.5) is 0 Å². The average Bonchev–Trinajstić information content (AvgIpc) is 3.12. The van der Waals surface area contributed by atoms with Crippen molar-refractivity contribution < 1.29 is 4.74 Å². The summed E-state index contributed by atoms with van der Waals surface area (Å²) in [7, 11) is 1.77.